The van der Waals surface area contributed by atoms with Gasteiger partial charge < -0.3 is 5.32 Å². The average molecular weight is 379 g/mol. The molecule has 0 radical (unpaired) electrons. The van der Waals surface area contributed by atoms with Crippen LogP contribution in [0.5, 0.6) is 0 Å². The Kier molecular flexibility index (Phi) is 5.78. The molecule has 0 aliphatic heterocycles. The number of thioether (sulfide) groups is 1. The Bertz CT molecular complexity index is 852. The molecule has 2 aromatic carbocycles. The van der Waals surface area contributed by atoms with Crippen molar-refractivity contribution in [3.05, 3.63) is 66.0 Å². The zero-order chi connectivity index (χ0) is 18.5. The van der Waals surface area contributed by atoms with Crippen LogP contribution in [0.15, 0.2) is 59.8 Å². The van der Waals surface area contributed by atoms with Crippen molar-refractivity contribution in [3.8, 4) is 5.69 Å². The van der Waals surface area contributed by atoms with Crippen molar-refractivity contribution >= 4 is 17.4 Å². The molecule has 0 unspecified atom stereocenters. The minimum Gasteiger partial charge on any atom is -0.378 e. The molecule has 0 saturated heterocycles. The van der Waals surface area contributed by atoms with Gasteiger partial charge in [0.1, 0.15) is 0 Å². The van der Waals surface area contributed by atoms with Gasteiger partial charge in [0.15, 0.2) is 11.0 Å². The van der Waals surface area contributed by atoms with Gasteiger partial charge in [-0.05, 0) is 44.0 Å². The largest absolute Gasteiger partial charge is 0.378 e. The lowest BCUT2D eigenvalue weighted by Gasteiger charge is -2.21. The number of benzene rings is 2. The minimum absolute atomic E-state index is 0.649. The normalized spacial score (nSPS) is 15.0. The summed E-state index contributed by atoms with van der Waals surface area (Å²) in [6, 6.07) is 18.9. The summed E-state index contributed by atoms with van der Waals surface area (Å²) in [7, 11) is 0. The van der Waals surface area contributed by atoms with Gasteiger partial charge in [-0.25, -0.2) is 0 Å². The number of nitrogens with zero attached hydrogens (tertiary/aromatic N) is 3. The number of aromatic nitrogens is 3. The zero-order valence-corrected chi connectivity index (χ0v) is 16.6. The van der Waals surface area contributed by atoms with Crippen LogP contribution in [0, 0.1) is 6.92 Å². The number of hydrogen-bond donors (Lipinski definition) is 1. The highest BCUT2D eigenvalue weighted by Gasteiger charge is 2.20. The number of aryl methyl sites for hydroxylation is 1. The van der Waals surface area contributed by atoms with Crippen LogP contribution in [-0.2, 0) is 6.54 Å². The van der Waals surface area contributed by atoms with Gasteiger partial charge in [0.2, 0.25) is 0 Å². The van der Waals surface area contributed by atoms with E-state index in [0.717, 1.165) is 22.4 Å². The predicted molar refractivity (Wildman–Crippen MR) is 113 cm³/mol. The Hall–Kier alpha value is -2.27. The Morgan fingerprint density at radius 3 is 2.44 bits per heavy atom. The van der Waals surface area contributed by atoms with Crippen molar-refractivity contribution in [1.82, 2.24) is 14.8 Å². The van der Waals surface area contributed by atoms with E-state index in [-0.39, 0.29) is 0 Å². The maximum atomic E-state index is 4.55. The number of para-hydroxylation sites is 1. The lowest BCUT2D eigenvalue weighted by Crippen LogP contribution is -2.11. The molecule has 1 aromatic heterocycles. The molecule has 1 aliphatic rings. The molecular formula is C22H26N4S. The van der Waals surface area contributed by atoms with Crippen LogP contribution in [0.3, 0.4) is 0 Å². The van der Waals surface area contributed by atoms with Crippen LogP contribution >= 0.6 is 11.8 Å². The Morgan fingerprint density at radius 2 is 1.70 bits per heavy atom. The molecule has 0 amide bonds. The summed E-state index contributed by atoms with van der Waals surface area (Å²) in [5, 5.41) is 14.2. The van der Waals surface area contributed by atoms with Crippen molar-refractivity contribution in [3.63, 3.8) is 0 Å². The quantitative estimate of drug-likeness (QED) is 0.605. The first-order chi connectivity index (χ1) is 13.3. The van der Waals surface area contributed by atoms with E-state index in [0.29, 0.717) is 11.8 Å². The van der Waals surface area contributed by atoms with Crippen molar-refractivity contribution in [2.75, 3.05) is 5.32 Å². The molecule has 140 valence electrons. The van der Waals surface area contributed by atoms with Gasteiger partial charge in [-0.15, -0.1) is 10.2 Å². The monoisotopic (exact) mass is 378 g/mol. The van der Waals surface area contributed by atoms with Crippen LogP contribution in [0.4, 0.5) is 5.69 Å². The second-order valence-electron chi connectivity index (χ2n) is 7.17. The molecule has 1 N–H and O–H groups in total. The number of nitrogens with one attached hydrogen (secondary N) is 1. The van der Waals surface area contributed by atoms with Gasteiger partial charge in [-0.2, -0.15) is 0 Å². The van der Waals surface area contributed by atoms with Crippen LogP contribution in [0.1, 0.15) is 43.5 Å². The lowest BCUT2D eigenvalue weighted by atomic mass is 10.0. The molecule has 4 nitrogen and oxygen atoms in total. The Labute approximate surface area is 165 Å². The van der Waals surface area contributed by atoms with E-state index in [2.05, 4.69) is 75.5 Å². The molecule has 0 bridgehead atoms. The van der Waals surface area contributed by atoms with E-state index in [1.54, 1.807) is 0 Å². The molecule has 1 fully saturated rings. The van der Waals surface area contributed by atoms with E-state index in [9.17, 15) is 0 Å². The molecule has 0 spiro atoms. The van der Waals surface area contributed by atoms with Gasteiger partial charge in [0, 0.05) is 16.6 Å². The van der Waals surface area contributed by atoms with Gasteiger partial charge in [0.25, 0.3) is 0 Å². The van der Waals surface area contributed by atoms with E-state index in [4.69, 9.17) is 0 Å². The molecule has 0 atom stereocenters. The van der Waals surface area contributed by atoms with E-state index < -0.39 is 0 Å². The molecule has 3 aromatic rings. The average Bonchev–Trinajstić information content (AvgIpc) is 3.11. The van der Waals surface area contributed by atoms with Crippen molar-refractivity contribution in [2.45, 2.75) is 56.0 Å². The summed E-state index contributed by atoms with van der Waals surface area (Å²) < 4.78 is 2.21. The Morgan fingerprint density at radius 1 is 0.963 bits per heavy atom. The standard InChI is InChI=1S/C22H26N4S/c1-17-12-14-18(15-13-17)23-16-21-24-25-22(27-20-10-6-3-7-11-20)26(21)19-8-4-2-5-9-19/h2,4-5,8-9,12-15,20,23H,3,6-7,10-11,16H2,1H3. The fourth-order valence-electron chi connectivity index (χ4n) is 3.51. The second kappa shape index (κ2) is 8.61. The molecule has 4 rings (SSSR count). The third kappa shape index (κ3) is 4.53. The van der Waals surface area contributed by atoms with Crippen LogP contribution in [0.25, 0.3) is 5.69 Å². The summed E-state index contributed by atoms with van der Waals surface area (Å²) in [5.74, 6) is 0.945. The minimum atomic E-state index is 0.649. The van der Waals surface area contributed by atoms with Gasteiger partial charge in [-0.1, -0.05) is 66.9 Å². The maximum absolute atomic E-state index is 4.55. The van der Waals surface area contributed by atoms with Crippen LogP contribution < -0.4 is 5.32 Å². The smallest absolute Gasteiger partial charge is 0.196 e. The second-order valence-corrected chi connectivity index (χ2v) is 8.43. The van der Waals surface area contributed by atoms with Crippen molar-refractivity contribution in [1.29, 1.82) is 0 Å². The molecule has 1 heterocycles. The molecule has 27 heavy (non-hydrogen) atoms. The maximum Gasteiger partial charge on any atom is 0.196 e. The highest BCUT2D eigenvalue weighted by molar-refractivity contribution is 7.99. The topological polar surface area (TPSA) is 42.7 Å². The first-order valence-corrected chi connectivity index (χ1v) is 10.6. The number of rotatable bonds is 6. The SMILES string of the molecule is Cc1ccc(NCc2nnc(SC3CCCCC3)n2-c2ccccc2)cc1. The predicted octanol–water partition coefficient (Wildman–Crippen LogP) is 5.61. The number of anilines is 1. The van der Waals surface area contributed by atoms with Crippen molar-refractivity contribution in [2.24, 2.45) is 0 Å². The molecule has 5 heteroatoms. The lowest BCUT2D eigenvalue weighted by molar-refractivity contribution is 0.515. The van der Waals surface area contributed by atoms with Crippen molar-refractivity contribution < 1.29 is 0 Å². The summed E-state index contributed by atoms with van der Waals surface area (Å²) in [6.45, 7) is 2.75. The molecular weight excluding hydrogens is 352 g/mol. The van der Waals surface area contributed by atoms with E-state index in [1.807, 2.05) is 17.8 Å². The third-order valence-corrected chi connectivity index (χ3v) is 6.32. The summed E-state index contributed by atoms with van der Waals surface area (Å²) in [5.41, 5.74) is 3.49. The highest BCUT2D eigenvalue weighted by Crippen LogP contribution is 2.34. The highest BCUT2D eigenvalue weighted by atomic mass is 32.2. The van der Waals surface area contributed by atoms with E-state index >= 15 is 0 Å². The zero-order valence-electron chi connectivity index (χ0n) is 15.8. The summed E-state index contributed by atoms with van der Waals surface area (Å²) in [6.07, 6.45) is 6.60. The third-order valence-electron chi connectivity index (χ3n) is 5.04. The first-order valence-electron chi connectivity index (χ1n) is 9.76. The van der Waals surface area contributed by atoms with Gasteiger partial charge in [0.05, 0.1) is 6.54 Å². The summed E-state index contributed by atoms with van der Waals surface area (Å²) in [4.78, 5) is 0. The van der Waals surface area contributed by atoms with Gasteiger partial charge in [-0.3, -0.25) is 4.57 Å². The first kappa shape index (κ1) is 18.1. The fraction of sp³-hybridized carbons (Fsp3) is 0.364. The Balaban J connectivity index is 1.57. The number of hydrogen-bond acceptors (Lipinski definition) is 4. The molecule has 1 aliphatic carbocycles. The van der Waals surface area contributed by atoms with Crippen LogP contribution in [-0.4, -0.2) is 20.0 Å². The molecule has 1 saturated carbocycles. The van der Waals surface area contributed by atoms with Gasteiger partial charge >= 0.3 is 0 Å². The van der Waals surface area contributed by atoms with Crippen LogP contribution in [0.2, 0.25) is 0 Å². The summed E-state index contributed by atoms with van der Waals surface area (Å²) >= 11 is 1.89. The van der Waals surface area contributed by atoms with E-state index in [1.165, 1.54) is 37.7 Å². The fourth-order valence-corrected chi connectivity index (χ4v) is 4.78.